The van der Waals surface area contributed by atoms with Crippen LogP contribution in [0, 0.1) is 0 Å². The van der Waals surface area contributed by atoms with E-state index in [1.807, 2.05) is 12.1 Å². The highest BCUT2D eigenvalue weighted by Gasteiger charge is 2.14. The Kier molecular flexibility index (Phi) is 8.57. The van der Waals surface area contributed by atoms with Crippen molar-refractivity contribution in [2.45, 2.75) is 6.54 Å². The molecule has 1 rings (SSSR count). The molecule has 0 spiro atoms. The highest BCUT2D eigenvalue weighted by molar-refractivity contribution is 5.53. The fourth-order valence-electron chi connectivity index (χ4n) is 1.81. The van der Waals surface area contributed by atoms with Gasteiger partial charge in [-0.3, -0.25) is 0 Å². The van der Waals surface area contributed by atoms with Crippen LogP contribution < -0.4 is 19.5 Å². The molecule has 0 amide bonds. The molecule has 0 saturated heterocycles. The summed E-state index contributed by atoms with van der Waals surface area (Å²) in [5.74, 6) is 1.89. The minimum absolute atomic E-state index is 0.439. The number of nitrogens with one attached hydrogen (secondary N) is 1. The third-order valence-corrected chi connectivity index (χ3v) is 2.87. The standard InChI is InChI=1S/C15H25NO5/c1-17-6-5-16-11-12-9-13(19-3)15(14(10-12)20-4)21-8-7-18-2/h9-10,16H,5-8,11H2,1-4H3. The van der Waals surface area contributed by atoms with Crippen LogP contribution in [-0.2, 0) is 16.0 Å². The summed E-state index contributed by atoms with van der Waals surface area (Å²) in [6.07, 6.45) is 0. The van der Waals surface area contributed by atoms with Gasteiger partial charge in [0.15, 0.2) is 11.5 Å². The van der Waals surface area contributed by atoms with Crippen LogP contribution in [0.4, 0.5) is 0 Å². The Balaban J connectivity index is 2.79. The molecule has 0 saturated carbocycles. The van der Waals surface area contributed by atoms with E-state index in [1.54, 1.807) is 28.4 Å². The van der Waals surface area contributed by atoms with E-state index in [4.69, 9.17) is 23.7 Å². The van der Waals surface area contributed by atoms with Gasteiger partial charge in [0.1, 0.15) is 6.61 Å². The van der Waals surface area contributed by atoms with Gasteiger partial charge in [0.05, 0.1) is 27.4 Å². The van der Waals surface area contributed by atoms with E-state index in [0.717, 1.165) is 12.1 Å². The molecular formula is C15H25NO5. The van der Waals surface area contributed by atoms with Gasteiger partial charge >= 0.3 is 0 Å². The van der Waals surface area contributed by atoms with Crippen LogP contribution in [0.1, 0.15) is 5.56 Å². The van der Waals surface area contributed by atoms with Gasteiger partial charge in [-0.25, -0.2) is 0 Å². The Labute approximate surface area is 126 Å². The highest BCUT2D eigenvalue weighted by Crippen LogP contribution is 2.38. The number of hydrogen-bond donors (Lipinski definition) is 1. The molecule has 0 radical (unpaired) electrons. The van der Waals surface area contributed by atoms with Crippen LogP contribution in [-0.4, -0.2) is 54.8 Å². The first-order valence-corrected chi connectivity index (χ1v) is 6.83. The van der Waals surface area contributed by atoms with Crippen molar-refractivity contribution in [3.8, 4) is 17.2 Å². The zero-order valence-electron chi connectivity index (χ0n) is 13.2. The molecule has 0 atom stereocenters. The first kappa shape index (κ1) is 17.6. The third kappa shape index (κ3) is 5.79. The van der Waals surface area contributed by atoms with Crippen molar-refractivity contribution in [1.82, 2.24) is 5.32 Å². The van der Waals surface area contributed by atoms with Crippen molar-refractivity contribution < 1.29 is 23.7 Å². The van der Waals surface area contributed by atoms with Crippen LogP contribution in [0.15, 0.2) is 12.1 Å². The first-order chi connectivity index (χ1) is 10.3. The molecule has 0 aliphatic rings. The molecule has 0 fully saturated rings. The van der Waals surface area contributed by atoms with Gasteiger partial charge in [0.25, 0.3) is 0 Å². The molecule has 21 heavy (non-hydrogen) atoms. The molecule has 0 aliphatic heterocycles. The molecule has 6 heteroatoms. The third-order valence-electron chi connectivity index (χ3n) is 2.87. The quantitative estimate of drug-likeness (QED) is 0.624. The SMILES string of the molecule is COCCNCc1cc(OC)c(OCCOC)c(OC)c1. The summed E-state index contributed by atoms with van der Waals surface area (Å²) in [6.45, 7) is 3.11. The summed E-state index contributed by atoms with van der Waals surface area (Å²) in [6, 6.07) is 3.87. The van der Waals surface area contributed by atoms with E-state index in [9.17, 15) is 0 Å². The van der Waals surface area contributed by atoms with Crippen LogP contribution in [0.5, 0.6) is 17.2 Å². The van der Waals surface area contributed by atoms with Gasteiger partial charge in [-0.1, -0.05) is 0 Å². The van der Waals surface area contributed by atoms with Crippen LogP contribution >= 0.6 is 0 Å². The Hall–Kier alpha value is -1.50. The molecule has 0 aromatic heterocycles. The zero-order valence-corrected chi connectivity index (χ0v) is 13.2. The summed E-state index contributed by atoms with van der Waals surface area (Å²) < 4.78 is 26.4. The molecular weight excluding hydrogens is 274 g/mol. The fourth-order valence-corrected chi connectivity index (χ4v) is 1.81. The molecule has 6 nitrogen and oxygen atoms in total. The van der Waals surface area contributed by atoms with E-state index < -0.39 is 0 Å². The Morgan fingerprint density at radius 3 is 2.00 bits per heavy atom. The number of hydrogen-bond acceptors (Lipinski definition) is 6. The summed E-state index contributed by atoms with van der Waals surface area (Å²) in [5, 5.41) is 3.28. The monoisotopic (exact) mass is 299 g/mol. The topological polar surface area (TPSA) is 58.2 Å². The van der Waals surface area contributed by atoms with Crippen molar-refractivity contribution in [1.29, 1.82) is 0 Å². The van der Waals surface area contributed by atoms with Gasteiger partial charge in [-0.2, -0.15) is 0 Å². The van der Waals surface area contributed by atoms with Gasteiger partial charge in [0.2, 0.25) is 5.75 Å². The normalized spacial score (nSPS) is 10.5. The van der Waals surface area contributed by atoms with Gasteiger partial charge in [-0.15, -0.1) is 0 Å². The molecule has 0 aliphatic carbocycles. The van der Waals surface area contributed by atoms with Crippen LogP contribution in [0.2, 0.25) is 0 Å². The molecule has 1 aromatic carbocycles. The first-order valence-electron chi connectivity index (χ1n) is 6.83. The van der Waals surface area contributed by atoms with Gasteiger partial charge in [-0.05, 0) is 17.7 Å². The van der Waals surface area contributed by atoms with E-state index >= 15 is 0 Å². The average Bonchev–Trinajstić information content (AvgIpc) is 2.52. The molecule has 1 aromatic rings. The fraction of sp³-hybridized carbons (Fsp3) is 0.600. The minimum atomic E-state index is 0.439. The molecule has 0 heterocycles. The largest absolute Gasteiger partial charge is 0.493 e. The second-order valence-corrected chi connectivity index (χ2v) is 4.34. The Morgan fingerprint density at radius 2 is 1.48 bits per heavy atom. The van der Waals surface area contributed by atoms with Crippen molar-refractivity contribution in [3.05, 3.63) is 17.7 Å². The molecule has 0 unspecified atom stereocenters. The van der Waals surface area contributed by atoms with Gasteiger partial charge < -0.3 is 29.0 Å². The predicted molar refractivity (Wildman–Crippen MR) is 80.5 cm³/mol. The maximum absolute atomic E-state index is 5.67. The Bertz CT molecular complexity index is 386. The lowest BCUT2D eigenvalue weighted by atomic mass is 10.1. The molecule has 1 N–H and O–H groups in total. The van der Waals surface area contributed by atoms with E-state index in [-0.39, 0.29) is 0 Å². The average molecular weight is 299 g/mol. The van der Waals surface area contributed by atoms with Crippen molar-refractivity contribution in [3.63, 3.8) is 0 Å². The number of rotatable bonds is 11. The van der Waals surface area contributed by atoms with Crippen molar-refractivity contribution >= 4 is 0 Å². The van der Waals surface area contributed by atoms with Gasteiger partial charge in [0, 0.05) is 27.3 Å². The zero-order chi connectivity index (χ0) is 15.5. The number of ether oxygens (including phenoxy) is 5. The second-order valence-electron chi connectivity index (χ2n) is 4.34. The Morgan fingerprint density at radius 1 is 0.857 bits per heavy atom. The lowest BCUT2D eigenvalue weighted by molar-refractivity contribution is 0.142. The highest BCUT2D eigenvalue weighted by atomic mass is 16.6. The summed E-state index contributed by atoms with van der Waals surface area (Å²) >= 11 is 0. The summed E-state index contributed by atoms with van der Waals surface area (Å²) in [5.41, 5.74) is 1.05. The maximum atomic E-state index is 5.67. The maximum Gasteiger partial charge on any atom is 0.203 e. The molecule has 0 bridgehead atoms. The lowest BCUT2D eigenvalue weighted by Crippen LogP contribution is -2.18. The van der Waals surface area contributed by atoms with Crippen molar-refractivity contribution in [2.24, 2.45) is 0 Å². The van der Waals surface area contributed by atoms with E-state index in [2.05, 4.69) is 5.32 Å². The smallest absolute Gasteiger partial charge is 0.203 e. The number of methoxy groups -OCH3 is 4. The predicted octanol–water partition coefficient (Wildman–Crippen LogP) is 1.46. The minimum Gasteiger partial charge on any atom is -0.493 e. The van der Waals surface area contributed by atoms with Crippen LogP contribution in [0.25, 0.3) is 0 Å². The van der Waals surface area contributed by atoms with E-state index in [0.29, 0.717) is 43.6 Å². The van der Waals surface area contributed by atoms with Crippen molar-refractivity contribution in [2.75, 3.05) is 54.8 Å². The lowest BCUT2D eigenvalue weighted by Gasteiger charge is -2.16. The summed E-state index contributed by atoms with van der Waals surface area (Å²) in [7, 11) is 6.53. The second kappa shape index (κ2) is 10.3. The van der Waals surface area contributed by atoms with E-state index in [1.165, 1.54) is 0 Å². The number of benzene rings is 1. The summed E-state index contributed by atoms with van der Waals surface area (Å²) in [4.78, 5) is 0. The molecule has 120 valence electrons. The van der Waals surface area contributed by atoms with Crippen LogP contribution in [0.3, 0.4) is 0 Å².